The van der Waals surface area contributed by atoms with E-state index in [1.807, 2.05) is 6.07 Å². The lowest BCUT2D eigenvalue weighted by Gasteiger charge is -2.27. The lowest BCUT2D eigenvalue weighted by atomic mass is 10.2. The molecule has 0 atom stereocenters. The van der Waals surface area contributed by atoms with Crippen molar-refractivity contribution >= 4 is 44.3 Å². The van der Waals surface area contributed by atoms with Crippen molar-refractivity contribution in [3.8, 4) is 0 Å². The molecule has 11 nitrogen and oxygen atoms in total. The van der Waals surface area contributed by atoms with Crippen molar-refractivity contribution in [2.24, 2.45) is 0 Å². The van der Waals surface area contributed by atoms with E-state index in [9.17, 15) is 8.42 Å². The number of benzene rings is 1. The molecule has 0 unspecified atom stereocenters. The molecule has 12 heteroatoms. The van der Waals surface area contributed by atoms with Crippen LogP contribution in [-0.2, 0) is 14.9 Å². The highest BCUT2D eigenvalue weighted by atomic mass is 32.2. The first-order valence-electron chi connectivity index (χ1n) is 8.54. The van der Waals surface area contributed by atoms with Gasteiger partial charge in [-0.1, -0.05) is 0 Å². The molecule has 3 heterocycles. The first-order chi connectivity index (χ1) is 13.4. The van der Waals surface area contributed by atoms with Gasteiger partial charge in [0.2, 0.25) is 0 Å². The molecule has 0 amide bonds. The predicted molar refractivity (Wildman–Crippen MR) is 106 cm³/mol. The maximum absolute atomic E-state index is 12.3. The van der Waals surface area contributed by atoms with E-state index in [0.717, 1.165) is 9.82 Å². The minimum Gasteiger partial charge on any atom is -0.377 e. The Balaban J connectivity index is 1.66. The van der Waals surface area contributed by atoms with Gasteiger partial charge in [0.15, 0.2) is 5.82 Å². The van der Waals surface area contributed by atoms with Crippen LogP contribution in [0.2, 0.25) is 0 Å². The van der Waals surface area contributed by atoms with Gasteiger partial charge in [-0.3, -0.25) is 4.72 Å². The number of rotatable bonds is 7. The molecule has 3 aromatic rings. The van der Waals surface area contributed by atoms with E-state index >= 15 is 0 Å². The zero-order chi connectivity index (χ0) is 19.7. The molecule has 1 aromatic carbocycles. The van der Waals surface area contributed by atoms with Gasteiger partial charge in [-0.05, 0) is 30.3 Å². The van der Waals surface area contributed by atoms with Crippen LogP contribution in [0, 0.1) is 0 Å². The number of hydrogen-bond donors (Lipinski definition) is 4. The second kappa shape index (κ2) is 7.22. The number of nitrogens with one attached hydrogen (secondary N) is 4. The molecular weight excluding hydrogens is 384 g/mol. The highest BCUT2D eigenvalue weighted by Crippen LogP contribution is 2.28. The minimum absolute atomic E-state index is 0.191. The Morgan fingerprint density at radius 3 is 2.64 bits per heavy atom. The Hall–Kier alpha value is -2.96. The van der Waals surface area contributed by atoms with Gasteiger partial charge in [0.1, 0.15) is 16.9 Å². The topological polar surface area (TPSA) is 137 Å². The van der Waals surface area contributed by atoms with Crippen molar-refractivity contribution < 1.29 is 13.2 Å². The van der Waals surface area contributed by atoms with Crippen molar-refractivity contribution in [3.05, 3.63) is 30.3 Å². The standard InChI is InChI=1S/C16H20N8O3S/c1-24(2)28(25,26)22-13-5-6-15(17-11-8-27-9-11)19-16(13)18-10-3-4-12-14(7-10)21-23-20-12/h3-7,11,22H,8-9H2,1-2H3,(H2,17,18,19)(H,20,21,23). The molecule has 148 valence electrons. The third-order valence-corrected chi connectivity index (χ3v) is 5.62. The van der Waals surface area contributed by atoms with Crippen LogP contribution in [0.1, 0.15) is 0 Å². The van der Waals surface area contributed by atoms with Crippen LogP contribution in [0.4, 0.5) is 23.0 Å². The average molecular weight is 404 g/mol. The monoisotopic (exact) mass is 404 g/mol. The third-order valence-electron chi connectivity index (χ3n) is 4.18. The van der Waals surface area contributed by atoms with Gasteiger partial charge in [-0.15, -0.1) is 0 Å². The summed E-state index contributed by atoms with van der Waals surface area (Å²) in [6.45, 7) is 1.23. The summed E-state index contributed by atoms with van der Waals surface area (Å²) in [5.41, 5.74) is 2.43. The van der Waals surface area contributed by atoms with Crippen LogP contribution >= 0.6 is 0 Å². The van der Waals surface area contributed by atoms with Gasteiger partial charge in [0, 0.05) is 19.8 Å². The van der Waals surface area contributed by atoms with E-state index in [4.69, 9.17) is 4.74 Å². The van der Waals surface area contributed by atoms with Crippen molar-refractivity contribution in [1.82, 2.24) is 24.7 Å². The van der Waals surface area contributed by atoms with Crippen molar-refractivity contribution in [2.75, 3.05) is 42.7 Å². The maximum Gasteiger partial charge on any atom is 0.301 e. The van der Waals surface area contributed by atoms with Gasteiger partial charge >= 0.3 is 10.2 Å². The van der Waals surface area contributed by atoms with Gasteiger partial charge in [0.05, 0.1) is 24.9 Å². The maximum atomic E-state index is 12.3. The van der Waals surface area contributed by atoms with E-state index in [1.54, 1.807) is 24.3 Å². The summed E-state index contributed by atoms with van der Waals surface area (Å²) >= 11 is 0. The number of hydrogen-bond acceptors (Lipinski definition) is 8. The smallest absolute Gasteiger partial charge is 0.301 e. The zero-order valence-electron chi connectivity index (χ0n) is 15.3. The SMILES string of the molecule is CN(C)S(=O)(=O)Nc1ccc(NC2COC2)nc1Nc1ccc2n[nH]nc2c1. The number of fused-ring (bicyclic) bond motifs is 1. The second-order valence-corrected chi connectivity index (χ2v) is 8.40. The predicted octanol–water partition coefficient (Wildman–Crippen LogP) is 1.13. The highest BCUT2D eigenvalue weighted by Gasteiger charge is 2.20. The molecule has 28 heavy (non-hydrogen) atoms. The molecule has 0 spiro atoms. The van der Waals surface area contributed by atoms with Crippen LogP contribution in [0.15, 0.2) is 30.3 Å². The first-order valence-corrected chi connectivity index (χ1v) is 9.98. The molecule has 1 aliphatic rings. The number of pyridine rings is 1. The van der Waals surface area contributed by atoms with Crippen LogP contribution < -0.4 is 15.4 Å². The Kier molecular flexibility index (Phi) is 4.75. The molecule has 1 saturated heterocycles. The fraction of sp³-hybridized carbons (Fsp3) is 0.312. The van der Waals surface area contributed by atoms with Crippen molar-refractivity contribution in [2.45, 2.75) is 6.04 Å². The number of H-pyrrole nitrogens is 1. The molecule has 4 N–H and O–H groups in total. The van der Waals surface area contributed by atoms with Crippen LogP contribution in [0.25, 0.3) is 11.0 Å². The molecule has 0 aliphatic carbocycles. The van der Waals surface area contributed by atoms with E-state index in [2.05, 4.69) is 35.8 Å². The Morgan fingerprint density at radius 1 is 1.14 bits per heavy atom. The molecular formula is C16H20N8O3S. The van der Waals surface area contributed by atoms with Crippen molar-refractivity contribution in [1.29, 1.82) is 0 Å². The number of aromatic amines is 1. The number of anilines is 4. The second-order valence-electron chi connectivity index (χ2n) is 6.51. The largest absolute Gasteiger partial charge is 0.377 e. The average Bonchev–Trinajstić information content (AvgIpc) is 3.07. The molecule has 0 saturated carbocycles. The Labute approximate surface area is 161 Å². The molecule has 0 radical (unpaired) electrons. The van der Waals surface area contributed by atoms with Crippen LogP contribution in [0.3, 0.4) is 0 Å². The number of aromatic nitrogens is 4. The Bertz CT molecular complexity index is 1090. The third kappa shape index (κ3) is 3.83. The van der Waals surface area contributed by atoms with Gasteiger partial charge < -0.3 is 15.4 Å². The summed E-state index contributed by atoms with van der Waals surface area (Å²) in [6.07, 6.45) is 0. The Morgan fingerprint density at radius 2 is 1.93 bits per heavy atom. The highest BCUT2D eigenvalue weighted by molar-refractivity contribution is 7.90. The fourth-order valence-corrected chi connectivity index (χ4v) is 3.16. The minimum atomic E-state index is -3.69. The molecule has 2 aromatic heterocycles. The van der Waals surface area contributed by atoms with Crippen molar-refractivity contribution in [3.63, 3.8) is 0 Å². The molecule has 1 aliphatic heterocycles. The van der Waals surface area contributed by atoms with Crippen LogP contribution in [0.5, 0.6) is 0 Å². The van der Waals surface area contributed by atoms with E-state index in [0.29, 0.717) is 41.7 Å². The van der Waals surface area contributed by atoms with Crippen LogP contribution in [-0.4, -0.2) is 66.5 Å². The summed E-state index contributed by atoms with van der Waals surface area (Å²) in [6, 6.07) is 8.99. The number of nitrogens with zero attached hydrogens (tertiary/aromatic N) is 4. The van der Waals surface area contributed by atoms with E-state index in [1.165, 1.54) is 14.1 Å². The zero-order valence-corrected chi connectivity index (χ0v) is 16.1. The lowest BCUT2D eigenvalue weighted by molar-refractivity contribution is 0.0209. The van der Waals surface area contributed by atoms with Gasteiger partial charge in [0.25, 0.3) is 0 Å². The molecule has 4 rings (SSSR count). The number of ether oxygens (including phenoxy) is 1. The molecule has 0 bridgehead atoms. The summed E-state index contributed by atoms with van der Waals surface area (Å²) in [5.74, 6) is 0.977. The van der Waals surface area contributed by atoms with Gasteiger partial charge in [-0.2, -0.15) is 28.1 Å². The van der Waals surface area contributed by atoms with E-state index < -0.39 is 10.2 Å². The first kappa shape index (κ1) is 18.4. The summed E-state index contributed by atoms with van der Waals surface area (Å²) in [4.78, 5) is 4.53. The normalized spacial score (nSPS) is 14.8. The molecule has 1 fully saturated rings. The van der Waals surface area contributed by atoms with E-state index in [-0.39, 0.29) is 6.04 Å². The lowest BCUT2D eigenvalue weighted by Crippen LogP contribution is -2.40. The summed E-state index contributed by atoms with van der Waals surface area (Å²) in [7, 11) is -0.781. The summed E-state index contributed by atoms with van der Waals surface area (Å²) in [5, 5.41) is 17.0. The summed E-state index contributed by atoms with van der Waals surface area (Å²) < 4.78 is 33.3. The quantitative estimate of drug-likeness (QED) is 0.460. The van der Waals surface area contributed by atoms with Gasteiger partial charge in [-0.25, -0.2) is 4.98 Å². The fourth-order valence-electron chi connectivity index (χ4n) is 2.53.